The van der Waals surface area contributed by atoms with Crippen LogP contribution < -0.4 is 5.73 Å². The molecule has 1 aliphatic heterocycles. The van der Waals surface area contributed by atoms with Gasteiger partial charge in [0, 0.05) is 49.9 Å². The minimum atomic E-state index is -1.03. The van der Waals surface area contributed by atoms with Crippen LogP contribution in [0.5, 0.6) is 0 Å². The number of fused-ring (bicyclic) bond motifs is 1. The summed E-state index contributed by atoms with van der Waals surface area (Å²) in [7, 11) is 1.71. The molecular weight excluding hydrogens is 435 g/mol. The first-order chi connectivity index (χ1) is 16.4. The maximum atomic E-state index is 14.8. The number of nitrogens with two attached hydrogens (primary N) is 1. The van der Waals surface area contributed by atoms with Crippen LogP contribution in [0.25, 0.3) is 22.2 Å². The highest BCUT2D eigenvalue weighted by molar-refractivity contribution is 5.95. The molecule has 1 aliphatic carbocycles. The van der Waals surface area contributed by atoms with Gasteiger partial charge in [0.25, 0.3) is 0 Å². The number of halogens is 1. The predicted octanol–water partition coefficient (Wildman–Crippen LogP) is 2.62. The zero-order valence-electron chi connectivity index (χ0n) is 19.5. The third kappa shape index (κ3) is 4.49. The van der Waals surface area contributed by atoms with Crippen LogP contribution in [0.2, 0.25) is 0 Å². The van der Waals surface area contributed by atoms with E-state index in [-0.39, 0.29) is 23.6 Å². The highest BCUT2D eigenvalue weighted by atomic mass is 19.1. The molecule has 3 aromatic rings. The summed E-state index contributed by atoms with van der Waals surface area (Å²) >= 11 is 0. The Balaban J connectivity index is 1.57. The minimum absolute atomic E-state index is 0.0125. The van der Waals surface area contributed by atoms with E-state index >= 15 is 0 Å². The van der Waals surface area contributed by atoms with E-state index < -0.39 is 11.4 Å². The SMILES string of the molecule is COCCN1CCC(n2cc(-c3nc(N)ncc3F)c3cc(C#CC(C)(O)C4CC4)ncc32)C1. The van der Waals surface area contributed by atoms with Crippen molar-refractivity contribution in [3.05, 3.63) is 36.2 Å². The lowest BCUT2D eigenvalue weighted by atomic mass is 10.0. The van der Waals surface area contributed by atoms with Crippen LogP contribution in [0.15, 0.2) is 24.7 Å². The molecule has 5 rings (SSSR count). The van der Waals surface area contributed by atoms with Gasteiger partial charge in [-0.1, -0.05) is 5.92 Å². The van der Waals surface area contributed by atoms with E-state index in [2.05, 4.69) is 36.3 Å². The second kappa shape index (κ2) is 8.95. The fourth-order valence-electron chi connectivity index (χ4n) is 4.68. The van der Waals surface area contributed by atoms with Crippen LogP contribution in [-0.4, -0.2) is 68.5 Å². The summed E-state index contributed by atoms with van der Waals surface area (Å²) in [6, 6.07) is 2.05. The largest absolute Gasteiger partial charge is 0.383 e. The molecule has 0 bridgehead atoms. The molecule has 1 saturated carbocycles. The molecule has 3 N–H and O–H groups in total. The Morgan fingerprint density at radius 2 is 2.12 bits per heavy atom. The smallest absolute Gasteiger partial charge is 0.220 e. The van der Waals surface area contributed by atoms with Gasteiger partial charge in [0.1, 0.15) is 17.0 Å². The molecule has 2 atom stereocenters. The number of aromatic nitrogens is 4. The Morgan fingerprint density at radius 3 is 2.88 bits per heavy atom. The lowest BCUT2D eigenvalue weighted by molar-refractivity contribution is 0.0980. The molecular formula is C25H29FN6O2. The van der Waals surface area contributed by atoms with Crippen LogP contribution in [0, 0.1) is 23.6 Å². The third-order valence-corrected chi connectivity index (χ3v) is 6.81. The first-order valence-corrected chi connectivity index (χ1v) is 11.6. The Morgan fingerprint density at radius 1 is 1.29 bits per heavy atom. The van der Waals surface area contributed by atoms with Crippen molar-refractivity contribution < 1.29 is 14.2 Å². The zero-order chi connectivity index (χ0) is 23.9. The van der Waals surface area contributed by atoms with Gasteiger partial charge in [0.2, 0.25) is 5.95 Å². The van der Waals surface area contributed by atoms with Crippen molar-refractivity contribution in [2.24, 2.45) is 5.92 Å². The van der Waals surface area contributed by atoms with Crippen LogP contribution >= 0.6 is 0 Å². The highest BCUT2D eigenvalue weighted by Gasteiger charge is 2.38. The van der Waals surface area contributed by atoms with Crippen LogP contribution in [0.4, 0.5) is 10.3 Å². The fraction of sp³-hybridized carbons (Fsp3) is 0.480. The van der Waals surface area contributed by atoms with Crippen molar-refractivity contribution in [1.29, 1.82) is 0 Å². The van der Waals surface area contributed by atoms with Crippen molar-refractivity contribution in [1.82, 2.24) is 24.4 Å². The summed E-state index contributed by atoms with van der Waals surface area (Å²) in [4.78, 5) is 14.9. The van der Waals surface area contributed by atoms with E-state index in [9.17, 15) is 9.50 Å². The van der Waals surface area contributed by atoms with Crippen LogP contribution in [0.1, 0.15) is 37.9 Å². The van der Waals surface area contributed by atoms with E-state index in [1.165, 1.54) is 0 Å². The molecule has 2 aliphatic rings. The summed E-state index contributed by atoms with van der Waals surface area (Å²) in [5, 5.41) is 11.4. The summed E-state index contributed by atoms with van der Waals surface area (Å²) in [5.41, 5.74) is 6.92. The van der Waals surface area contributed by atoms with Gasteiger partial charge in [0.05, 0.1) is 24.5 Å². The zero-order valence-corrected chi connectivity index (χ0v) is 19.5. The molecule has 1 saturated heterocycles. The number of likely N-dealkylation sites (tertiary alicyclic amines) is 1. The maximum absolute atomic E-state index is 14.8. The summed E-state index contributed by atoms with van der Waals surface area (Å²) in [6.07, 6.45) is 7.73. The van der Waals surface area contributed by atoms with Gasteiger partial charge in [-0.3, -0.25) is 4.90 Å². The van der Waals surface area contributed by atoms with Crippen molar-refractivity contribution in [2.45, 2.75) is 37.8 Å². The monoisotopic (exact) mass is 464 g/mol. The summed E-state index contributed by atoms with van der Waals surface area (Å²) in [6.45, 7) is 5.13. The Kier molecular flexibility index (Phi) is 5.98. The second-order valence-electron chi connectivity index (χ2n) is 9.37. The summed E-state index contributed by atoms with van der Waals surface area (Å²) in [5.74, 6) is 5.67. The minimum Gasteiger partial charge on any atom is -0.383 e. The normalized spacial score (nSPS) is 20.3. The Labute approximate surface area is 198 Å². The molecule has 3 aromatic heterocycles. The highest BCUT2D eigenvalue weighted by Crippen LogP contribution is 2.39. The quantitative estimate of drug-likeness (QED) is 0.541. The topological polar surface area (TPSA) is 102 Å². The van der Waals surface area contributed by atoms with Gasteiger partial charge < -0.3 is 20.1 Å². The summed E-state index contributed by atoms with van der Waals surface area (Å²) < 4.78 is 22.2. The van der Waals surface area contributed by atoms with Gasteiger partial charge in [-0.25, -0.2) is 19.3 Å². The molecule has 2 fully saturated rings. The predicted molar refractivity (Wildman–Crippen MR) is 127 cm³/mol. The standard InChI is InChI=1S/C25H29FN6O2/c1-25(33,16-3-4-16)7-5-17-11-19-20(23-21(26)12-29-24(27)30-23)15-32(22(19)13-28-17)18-6-8-31(14-18)9-10-34-2/h11-13,15-16,18,33H,3-4,6,8-10,14H2,1-2H3,(H2,27,29,30). The average molecular weight is 465 g/mol. The number of anilines is 1. The van der Waals surface area contributed by atoms with Gasteiger partial charge in [0.15, 0.2) is 5.82 Å². The van der Waals surface area contributed by atoms with E-state index in [1.54, 1.807) is 20.2 Å². The first-order valence-electron chi connectivity index (χ1n) is 11.6. The second-order valence-corrected chi connectivity index (χ2v) is 9.37. The third-order valence-electron chi connectivity index (χ3n) is 6.81. The van der Waals surface area contributed by atoms with Gasteiger partial charge in [-0.2, -0.15) is 0 Å². The lowest BCUT2D eigenvalue weighted by Crippen LogP contribution is -2.25. The van der Waals surface area contributed by atoms with E-state index in [0.29, 0.717) is 17.9 Å². The van der Waals surface area contributed by atoms with E-state index in [0.717, 1.165) is 56.0 Å². The number of methoxy groups -OCH3 is 1. The Bertz CT molecular complexity index is 1270. The van der Waals surface area contributed by atoms with E-state index in [4.69, 9.17) is 10.5 Å². The number of nitrogens with zero attached hydrogens (tertiary/aromatic N) is 5. The number of hydrogen-bond donors (Lipinski definition) is 2. The average Bonchev–Trinajstić information content (AvgIpc) is 3.49. The molecule has 0 spiro atoms. The maximum Gasteiger partial charge on any atom is 0.220 e. The van der Waals surface area contributed by atoms with Crippen molar-refractivity contribution >= 4 is 16.9 Å². The number of pyridine rings is 1. The van der Waals surface area contributed by atoms with Crippen molar-refractivity contribution in [3.63, 3.8) is 0 Å². The van der Waals surface area contributed by atoms with Crippen LogP contribution in [-0.2, 0) is 4.74 Å². The molecule has 4 heterocycles. The Hall–Kier alpha value is -3.06. The fourth-order valence-corrected chi connectivity index (χ4v) is 4.68. The molecule has 9 heteroatoms. The number of rotatable bonds is 6. The number of hydrogen-bond acceptors (Lipinski definition) is 7. The molecule has 2 unspecified atom stereocenters. The van der Waals surface area contributed by atoms with Crippen LogP contribution in [0.3, 0.4) is 0 Å². The first kappa shape index (κ1) is 22.7. The van der Waals surface area contributed by atoms with Crippen molar-refractivity contribution in [2.75, 3.05) is 39.1 Å². The van der Waals surface area contributed by atoms with Gasteiger partial charge >= 0.3 is 0 Å². The molecule has 178 valence electrons. The molecule has 8 nitrogen and oxygen atoms in total. The number of ether oxygens (including phenoxy) is 1. The van der Waals surface area contributed by atoms with Crippen molar-refractivity contribution in [3.8, 4) is 23.1 Å². The van der Waals surface area contributed by atoms with Gasteiger partial charge in [-0.05, 0) is 44.1 Å². The molecule has 34 heavy (non-hydrogen) atoms. The van der Waals surface area contributed by atoms with Gasteiger partial charge in [-0.15, -0.1) is 0 Å². The van der Waals surface area contributed by atoms with E-state index in [1.807, 2.05) is 12.3 Å². The molecule has 0 aromatic carbocycles. The number of nitrogen functional groups attached to an aromatic ring is 1. The molecule has 0 amide bonds. The lowest BCUT2D eigenvalue weighted by Gasteiger charge is -2.17. The number of aliphatic hydroxyl groups is 1. The molecule has 0 radical (unpaired) electrons.